The van der Waals surface area contributed by atoms with Crippen molar-refractivity contribution in [2.45, 2.75) is 12.8 Å². The Labute approximate surface area is 102 Å². The third-order valence-electron chi connectivity index (χ3n) is 2.14. The number of amides is 1. The molecule has 1 heterocycles. The van der Waals surface area contributed by atoms with Crippen molar-refractivity contribution >= 4 is 28.3 Å². The first-order chi connectivity index (χ1) is 8.24. The molecule has 3 N–H and O–H groups in total. The Kier molecular flexibility index (Phi) is 3.61. The highest BCUT2D eigenvalue weighted by Gasteiger charge is 2.05. The van der Waals surface area contributed by atoms with Crippen LogP contribution in [0.4, 0.5) is 10.8 Å². The molecule has 1 aromatic heterocycles. The molecule has 0 spiro atoms. The summed E-state index contributed by atoms with van der Waals surface area (Å²) in [5.41, 5.74) is 7.39. The van der Waals surface area contributed by atoms with Gasteiger partial charge in [-0.2, -0.15) is 0 Å². The van der Waals surface area contributed by atoms with Crippen LogP contribution >= 0.6 is 11.5 Å². The fourth-order valence-corrected chi connectivity index (χ4v) is 1.75. The van der Waals surface area contributed by atoms with E-state index in [-0.39, 0.29) is 5.91 Å². The summed E-state index contributed by atoms with van der Waals surface area (Å²) in [5, 5.41) is 10.1. The van der Waals surface area contributed by atoms with E-state index in [4.69, 9.17) is 5.73 Å². The first-order valence-corrected chi connectivity index (χ1v) is 5.80. The number of nitrogen functional groups attached to an aromatic ring is 1. The minimum absolute atomic E-state index is 0.106. The molecule has 0 unspecified atom stereocenters. The maximum absolute atomic E-state index is 11.5. The Morgan fingerprint density at radius 2 is 2.35 bits per heavy atom. The van der Waals surface area contributed by atoms with Gasteiger partial charge in [-0.3, -0.25) is 10.1 Å². The maximum Gasteiger partial charge on any atom is 0.231 e. The molecular formula is C10H11N5OS. The molecule has 2 aromatic rings. The van der Waals surface area contributed by atoms with Crippen LogP contribution in [0.15, 0.2) is 24.3 Å². The first-order valence-electron chi connectivity index (χ1n) is 5.03. The number of hydrogen-bond donors (Lipinski definition) is 2. The van der Waals surface area contributed by atoms with Gasteiger partial charge in [-0.05, 0) is 29.3 Å². The fourth-order valence-electron chi connectivity index (χ4n) is 1.37. The van der Waals surface area contributed by atoms with Gasteiger partial charge in [0, 0.05) is 23.6 Å². The summed E-state index contributed by atoms with van der Waals surface area (Å²) in [6.07, 6.45) is 1.02. The van der Waals surface area contributed by atoms with Crippen molar-refractivity contribution in [3.05, 3.63) is 29.8 Å². The van der Waals surface area contributed by atoms with E-state index in [1.165, 1.54) is 0 Å². The van der Waals surface area contributed by atoms with Gasteiger partial charge in [0.1, 0.15) is 0 Å². The molecule has 6 nitrogen and oxygen atoms in total. The van der Waals surface area contributed by atoms with Crippen molar-refractivity contribution < 1.29 is 4.79 Å². The first kappa shape index (κ1) is 11.5. The summed E-state index contributed by atoms with van der Waals surface area (Å²) >= 11 is 1.05. The summed E-state index contributed by atoms with van der Waals surface area (Å²) in [7, 11) is 0. The monoisotopic (exact) mass is 249 g/mol. The molecule has 1 aromatic carbocycles. The lowest BCUT2D eigenvalue weighted by Gasteiger charge is -2.02. The lowest BCUT2D eigenvalue weighted by atomic mass is 10.1. The molecule has 0 radical (unpaired) electrons. The molecule has 0 aliphatic rings. The predicted octanol–water partition coefficient (Wildman–Crippen LogP) is 1.09. The quantitative estimate of drug-likeness (QED) is 0.791. The minimum Gasteiger partial charge on any atom is -0.399 e. The maximum atomic E-state index is 11.5. The molecule has 7 heteroatoms. The van der Waals surface area contributed by atoms with Gasteiger partial charge in [-0.1, -0.05) is 21.7 Å². The smallest absolute Gasteiger partial charge is 0.231 e. The summed E-state index contributed by atoms with van der Waals surface area (Å²) in [6, 6.07) is 7.49. The number of aryl methyl sites for hydroxylation is 1. The van der Waals surface area contributed by atoms with Crippen LogP contribution in [-0.2, 0) is 11.2 Å². The fraction of sp³-hybridized carbons (Fsp3) is 0.200. The van der Waals surface area contributed by atoms with Crippen LogP contribution in [0, 0.1) is 0 Å². The second kappa shape index (κ2) is 5.35. The number of benzene rings is 1. The van der Waals surface area contributed by atoms with Crippen LogP contribution < -0.4 is 11.1 Å². The number of hydrogen-bond acceptors (Lipinski definition) is 6. The number of nitrogens with two attached hydrogens (primary N) is 1. The van der Waals surface area contributed by atoms with Crippen molar-refractivity contribution in [1.29, 1.82) is 0 Å². The molecule has 1 amide bonds. The Morgan fingerprint density at radius 3 is 3.06 bits per heavy atom. The number of carbonyl (C=O) groups is 1. The number of carbonyl (C=O) groups excluding carboxylic acids is 1. The van der Waals surface area contributed by atoms with Crippen LogP contribution in [-0.4, -0.2) is 20.7 Å². The minimum atomic E-state index is -0.106. The van der Waals surface area contributed by atoms with E-state index in [0.717, 1.165) is 17.1 Å². The van der Waals surface area contributed by atoms with Crippen molar-refractivity contribution in [3.63, 3.8) is 0 Å². The Bertz CT molecular complexity index is 499. The third-order valence-corrected chi connectivity index (χ3v) is 2.65. The van der Waals surface area contributed by atoms with Crippen molar-refractivity contribution in [2.24, 2.45) is 0 Å². The average Bonchev–Trinajstić information content (AvgIpc) is 2.79. The van der Waals surface area contributed by atoms with Gasteiger partial charge in [0.15, 0.2) is 0 Å². The van der Waals surface area contributed by atoms with Crippen molar-refractivity contribution in [3.8, 4) is 0 Å². The molecule has 0 saturated heterocycles. The number of anilines is 2. The Balaban J connectivity index is 1.84. The average molecular weight is 249 g/mol. The Hall–Kier alpha value is -2.02. The normalized spacial score (nSPS) is 10.1. The van der Waals surface area contributed by atoms with Crippen LogP contribution in [0.25, 0.3) is 0 Å². The molecular weight excluding hydrogens is 238 g/mol. The van der Waals surface area contributed by atoms with E-state index in [9.17, 15) is 4.79 Å². The Morgan fingerprint density at radius 1 is 1.47 bits per heavy atom. The highest BCUT2D eigenvalue weighted by atomic mass is 32.1. The van der Waals surface area contributed by atoms with Crippen molar-refractivity contribution in [2.75, 3.05) is 11.1 Å². The predicted molar refractivity (Wildman–Crippen MR) is 65.5 cm³/mol. The zero-order chi connectivity index (χ0) is 12.1. The van der Waals surface area contributed by atoms with Gasteiger partial charge in [0.25, 0.3) is 0 Å². The van der Waals surface area contributed by atoms with Gasteiger partial charge in [0.2, 0.25) is 11.0 Å². The molecule has 0 fully saturated rings. The number of aromatic nitrogens is 3. The van der Waals surface area contributed by atoms with Crippen LogP contribution in [0.3, 0.4) is 0 Å². The molecule has 0 aliphatic carbocycles. The highest BCUT2D eigenvalue weighted by molar-refractivity contribution is 7.09. The zero-order valence-corrected chi connectivity index (χ0v) is 9.78. The second-order valence-electron chi connectivity index (χ2n) is 3.46. The van der Waals surface area contributed by atoms with Crippen molar-refractivity contribution in [1.82, 2.24) is 14.8 Å². The molecule has 0 saturated carbocycles. The van der Waals surface area contributed by atoms with E-state index in [1.54, 1.807) is 0 Å². The number of nitrogens with one attached hydrogen (secondary N) is 1. The van der Waals surface area contributed by atoms with E-state index >= 15 is 0 Å². The summed E-state index contributed by atoms with van der Waals surface area (Å²) in [5.74, 6) is -0.106. The molecule has 0 bridgehead atoms. The highest BCUT2D eigenvalue weighted by Crippen LogP contribution is 2.10. The molecule has 0 aliphatic heterocycles. The van der Waals surface area contributed by atoms with Crippen LogP contribution in [0.2, 0.25) is 0 Å². The van der Waals surface area contributed by atoms with E-state index in [0.29, 0.717) is 23.7 Å². The second-order valence-corrected chi connectivity index (χ2v) is 4.19. The lowest BCUT2D eigenvalue weighted by molar-refractivity contribution is -0.116. The van der Waals surface area contributed by atoms with E-state index < -0.39 is 0 Å². The topological polar surface area (TPSA) is 93.8 Å². The molecule has 88 valence electrons. The van der Waals surface area contributed by atoms with Gasteiger partial charge < -0.3 is 5.73 Å². The SMILES string of the molecule is Nc1cccc(CCC(=O)Nc2nnns2)c1. The summed E-state index contributed by atoms with van der Waals surface area (Å²) in [6.45, 7) is 0. The lowest BCUT2D eigenvalue weighted by Crippen LogP contribution is -2.12. The largest absolute Gasteiger partial charge is 0.399 e. The number of nitrogens with zero attached hydrogens (tertiary/aromatic N) is 3. The van der Waals surface area contributed by atoms with Gasteiger partial charge >= 0.3 is 0 Å². The zero-order valence-electron chi connectivity index (χ0n) is 8.96. The standard InChI is InChI=1S/C10H11N5OS/c11-8-3-1-2-7(6-8)4-5-9(16)12-10-13-14-15-17-10/h1-3,6H,4-5,11H2,(H,12,13,15,16). The third kappa shape index (κ3) is 3.49. The molecule has 17 heavy (non-hydrogen) atoms. The van der Waals surface area contributed by atoms with E-state index in [2.05, 4.69) is 20.1 Å². The van der Waals surface area contributed by atoms with Crippen LogP contribution in [0.1, 0.15) is 12.0 Å². The van der Waals surface area contributed by atoms with Crippen LogP contribution in [0.5, 0.6) is 0 Å². The molecule has 0 atom stereocenters. The summed E-state index contributed by atoms with van der Waals surface area (Å²) in [4.78, 5) is 11.5. The number of rotatable bonds is 4. The summed E-state index contributed by atoms with van der Waals surface area (Å²) < 4.78 is 3.55. The van der Waals surface area contributed by atoms with Gasteiger partial charge in [-0.15, -0.1) is 0 Å². The van der Waals surface area contributed by atoms with E-state index in [1.807, 2.05) is 24.3 Å². The van der Waals surface area contributed by atoms with Gasteiger partial charge in [0.05, 0.1) is 0 Å². The van der Waals surface area contributed by atoms with Gasteiger partial charge in [-0.25, -0.2) is 0 Å². The molecule has 2 rings (SSSR count).